The molecule has 18 heavy (non-hydrogen) atoms. The van der Waals surface area contributed by atoms with Crippen LogP contribution in [0.3, 0.4) is 0 Å². The first kappa shape index (κ1) is 14.5. The smallest absolute Gasteiger partial charge is 0.166 e. The van der Waals surface area contributed by atoms with E-state index in [1.807, 2.05) is 24.3 Å². The van der Waals surface area contributed by atoms with Crippen molar-refractivity contribution in [2.75, 3.05) is 13.1 Å². The monoisotopic (exact) mass is 285 g/mol. The van der Waals surface area contributed by atoms with E-state index in [2.05, 4.69) is 21.5 Å². The fraction of sp³-hybridized carbons (Fsp3) is 0.167. The molecule has 0 amide bonds. The lowest BCUT2D eigenvalue weighted by molar-refractivity contribution is 0.432. The van der Waals surface area contributed by atoms with Crippen molar-refractivity contribution in [2.24, 2.45) is 4.99 Å². The number of amidine groups is 1. The molecule has 1 aromatic heterocycles. The molecule has 1 aliphatic heterocycles. The molecule has 2 heterocycles. The van der Waals surface area contributed by atoms with Crippen molar-refractivity contribution in [1.29, 1.82) is 0 Å². The van der Waals surface area contributed by atoms with Gasteiger partial charge in [0.25, 0.3) is 0 Å². The number of nitrogens with one attached hydrogen (secondary N) is 1. The molecule has 1 aromatic carbocycles. The summed E-state index contributed by atoms with van der Waals surface area (Å²) in [5.74, 6) is 1.74. The zero-order valence-corrected chi connectivity index (χ0v) is 11.1. The first-order valence-corrected chi connectivity index (χ1v) is 5.23. The van der Waals surface area contributed by atoms with Gasteiger partial charge in [0.1, 0.15) is 5.84 Å². The van der Waals surface area contributed by atoms with Gasteiger partial charge in [-0.3, -0.25) is 4.99 Å². The van der Waals surface area contributed by atoms with Crippen LogP contribution in [0.5, 0.6) is 0 Å². The molecule has 0 fully saturated rings. The molecule has 1 aliphatic rings. The lowest BCUT2D eigenvalue weighted by Crippen LogP contribution is -2.19. The summed E-state index contributed by atoms with van der Waals surface area (Å²) in [6, 6.07) is 9.94. The van der Waals surface area contributed by atoms with E-state index in [1.54, 1.807) is 6.20 Å². The Kier molecular flexibility index (Phi) is 5.19. The van der Waals surface area contributed by atoms with Crippen LogP contribution in [0.1, 0.15) is 5.56 Å². The molecule has 4 nitrogen and oxygen atoms in total. The number of aliphatic imine (C=N–C) groups is 1. The molecule has 0 radical (unpaired) electrons. The summed E-state index contributed by atoms with van der Waals surface area (Å²) in [5, 5.41) is 6.95. The van der Waals surface area contributed by atoms with Gasteiger partial charge in [0.05, 0.1) is 12.7 Å². The molecule has 0 aliphatic carbocycles. The quantitative estimate of drug-likeness (QED) is 0.923. The minimum absolute atomic E-state index is 0. The molecule has 0 unspecified atom stereocenters. The van der Waals surface area contributed by atoms with Gasteiger partial charge in [0.2, 0.25) is 0 Å². The Bertz CT molecular complexity index is 526. The van der Waals surface area contributed by atoms with E-state index < -0.39 is 0 Å². The Morgan fingerprint density at radius 2 is 1.94 bits per heavy atom. The van der Waals surface area contributed by atoms with Crippen LogP contribution in [-0.2, 0) is 0 Å². The van der Waals surface area contributed by atoms with Crippen LogP contribution in [0.4, 0.5) is 0 Å². The summed E-state index contributed by atoms with van der Waals surface area (Å²) in [7, 11) is 0. The van der Waals surface area contributed by atoms with Gasteiger partial charge in [-0.15, -0.1) is 24.8 Å². The molecule has 96 valence electrons. The lowest BCUT2D eigenvalue weighted by Gasteiger charge is -2.03. The van der Waals surface area contributed by atoms with Gasteiger partial charge in [0, 0.05) is 23.7 Å². The van der Waals surface area contributed by atoms with Crippen molar-refractivity contribution >= 4 is 30.6 Å². The molecular formula is C12H13Cl2N3O. The minimum atomic E-state index is 0. The molecule has 2 aromatic rings. The highest BCUT2D eigenvalue weighted by atomic mass is 35.5. The number of hydrogen-bond acceptors (Lipinski definition) is 4. The maximum atomic E-state index is 5.13. The van der Waals surface area contributed by atoms with E-state index in [0.29, 0.717) is 0 Å². The lowest BCUT2D eigenvalue weighted by atomic mass is 10.1. The van der Waals surface area contributed by atoms with Gasteiger partial charge in [-0.1, -0.05) is 23.4 Å². The summed E-state index contributed by atoms with van der Waals surface area (Å²) < 4.78 is 5.13. The molecule has 1 N–H and O–H groups in total. The maximum Gasteiger partial charge on any atom is 0.166 e. The molecule has 0 bridgehead atoms. The molecule has 0 saturated heterocycles. The summed E-state index contributed by atoms with van der Waals surface area (Å²) in [4.78, 5) is 4.39. The maximum absolute atomic E-state index is 5.13. The zero-order chi connectivity index (χ0) is 10.8. The topological polar surface area (TPSA) is 50.4 Å². The van der Waals surface area contributed by atoms with E-state index in [1.165, 1.54) is 0 Å². The average Bonchev–Trinajstić information content (AvgIpc) is 3.03. The molecule has 3 rings (SSSR count). The van der Waals surface area contributed by atoms with Crippen LogP contribution in [0.25, 0.3) is 11.3 Å². The Morgan fingerprint density at radius 1 is 1.11 bits per heavy atom. The third kappa shape index (κ3) is 2.83. The number of benzene rings is 1. The predicted molar refractivity (Wildman–Crippen MR) is 75.8 cm³/mol. The highest BCUT2D eigenvalue weighted by molar-refractivity contribution is 6.00. The van der Waals surface area contributed by atoms with Gasteiger partial charge in [-0.2, -0.15) is 0 Å². The van der Waals surface area contributed by atoms with E-state index in [0.717, 1.165) is 35.8 Å². The molecule has 0 atom stereocenters. The fourth-order valence-corrected chi connectivity index (χ4v) is 1.78. The highest BCUT2D eigenvalue weighted by Crippen LogP contribution is 2.20. The van der Waals surface area contributed by atoms with Gasteiger partial charge < -0.3 is 9.84 Å². The number of rotatable bonds is 2. The standard InChI is InChI=1S/C12H11N3O.2ClH/c1-2-9(11-4-5-15-16-11)8-10(3-1)12-13-6-7-14-12;;/h1-5,8H,6-7H2,(H,13,14);2*1H. The zero-order valence-electron chi connectivity index (χ0n) is 9.50. The molecule has 0 spiro atoms. The third-order valence-electron chi connectivity index (χ3n) is 2.53. The van der Waals surface area contributed by atoms with Crippen LogP contribution >= 0.6 is 24.8 Å². The summed E-state index contributed by atoms with van der Waals surface area (Å²) in [6.45, 7) is 1.77. The largest absolute Gasteiger partial charge is 0.368 e. The second-order valence-electron chi connectivity index (χ2n) is 3.61. The van der Waals surface area contributed by atoms with Gasteiger partial charge in [-0.25, -0.2) is 0 Å². The highest BCUT2D eigenvalue weighted by Gasteiger charge is 2.09. The molecule has 6 heteroatoms. The summed E-state index contributed by atoms with van der Waals surface area (Å²) >= 11 is 0. The Morgan fingerprint density at radius 3 is 2.61 bits per heavy atom. The van der Waals surface area contributed by atoms with Crippen molar-refractivity contribution in [3.05, 3.63) is 42.1 Å². The Balaban J connectivity index is 0.000000810. The van der Waals surface area contributed by atoms with E-state index in [4.69, 9.17) is 4.52 Å². The van der Waals surface area contributed by atoms with Crippen molar-refractivity contribution in [3.63, 3.8) is 0 Å². The number of nitrogens with zero attached hydrogens (tertiary/aromatic N) is 2. The van der Waals surface area contributed by atoms with Crippen LogP contribution < -0.4 is 5.32 Å². The van der Waals surface area contributed by atoms with Crippen molar-refractivity contribution < 1.29 is 4.52 Å². The fourth-order valence-electron chi connectivity index (χ4n) is 1.78. The Hall–Kier alpha value is -1.52. The predicted octanol–water partition coefficient (Wildman–Crippen LogP) is 2.54. The third-order valence-corrected chi connectivity index (χ3v) is 2.53. The van der Waals surface area contributed by atoms with Gasteiger partial charge in [0.15, 0.2) is 5.76 Å². The van der Waals surface area contributed by atoms with E-state index in [-0.39, 0.29) is 24.8 Å². The average molecular weight is 286 g/mol. The molecular weight excluding hydrogens is 273 g/mol. The van der Waals surface area contributed by atoms with Crippen molar-refractivity contribution in [1.82, 2.24) is 10.5 Å². The van der Waals surface area contributed by atoms with Crippen LogP contribution in [0, 0.1) is 0 Å². The van der Waals surface area contributed by atoms with Crippen molar-refractivity contribution in [2.45, 2.75) is 0 Å². The second-order valence-corrected chi connectivity index (χ2v) is 3.61. The second kappa shape index (κ2) is 6.42. The van der Waals surface area contributed by atoms with Crippen LogP contribution in [0.2, 0.25) is 0 Å². The first-order chi connectivity index (χ1) is 7.93. The number of aromatic nitrogens is 1. The van der Waals surface area contributed by atoms with E-state index >= 15 is 0 Å². The van der Waals surface area contributed by atoms with Crippen molar-refractivity contribution in [3.8, 4) is 11.3 Å². The van der Waals surface area contributed by atoms with Crippen LogP contribution in [-0.4, -0.2) is 24.1 Å². The SMILES string of the molecule is Cl.Cl.c1cc(C2=NCCN2)cc(-c2ccno2)c1. The number of hydrogen-bond donors (Lipinski definition) is 1. The minimum Gasteiger partial charge on any atom is -0.368 e. The first-order valence-electron chi connectivity index (χ1n) is 5.23. The normalized spacial score (nSPS) is 13.0. The number of halogens is 2. The van der Waals surface area contributed by atoms with Gasteiger partial charge >= 0.3 is 0 Å². The molecule has 0 saturated carbocycles. The van der Waals surface area contributed by atoms with Gasteiger partial charge in [-0.05, 0) is 6.07 Å². The summed E-state index contributed by atoms with van der Waals surface area (Å²) in [6.07, 6.45) is 1.65. The Labute approximate surface area is 117 Å². The van der Waals surface area contributed by atoms with Crippen LogP contribution in [0.15, 0.2) is 46.0 Å². The summed E-state index contributed by atoms with van der Waals surface area (Å²) in [5.41, 5.74) is 2.11. The van der Waals surface area contributed by atoms with E-state index in [9.17, 15) is 0 Å².